The molecule has 3 aliphatic rings. The van der Waals surface area contributed by atoms with E-state index in [2.05, 4.69) is 20.0 Å². The number of aromatic amines is 1. The number of rotatable bonds is 8. The Hall–Kier alpha value is -4.16. The number of amides is 3. The van der Waals surface area contributed by atoms with E-state index in [0.29, 0.717) is 67.1 Å². The Labute approximate surface area is 261 Å². The number of H-pyrrole nitrogens is 1. The van der Waals surface area contributed by atoms with Crippen LogP contribution in [0.1, 0.15) is 34.5 Å². The number of nitrogens with zero attached hydrogens (tertiary/aromatic N) is 6. The van der Waals surface area contributed by atoms with Gasteiger partial charge in [-0.3, -0.25) is 24.1 Å². The Balaban J connectivity index is 0.981. The van der Waals surface area contributed by atoms with E-state index in [1.807, 2.05) is 17.0 Å². The zero-order chi connectivity index (χ0) is 31.3. The second-order valence-electron chi connectivity index (χ2n) is 12.4. The number of aromatic nitrogens is 2. The number of likely N-dealkylation sites (tertiary alicyclic amines) is 1. The van der Waals surface area contributed by atoms with Gasteiger partial charge in [0.1, 0.15) is 5.82 Å². The maximum Gasteiger partial charge on any atom is 0.272 e. The highest BCUT2D eigenvalue weighted by Gasteiger charge is 2.29. The van der Waals surface area contributed by atoms with E-state index in [9.17, 15) is 23.6 Å². The Morgan fingerprint density at radius 3 is 2.24 bits per heavy atom. The number of nitrogens with one attached hydrogen (secondary N) is 1. The molecule has 0 saturated carbocycles. The quantitative estimate of drug-likeness (QED) is 0.381. The van der Waals surface area contributed by atoms with Gasteiger partial charge in [-0.05, 0) is 42.5 Å². The molecule has 3 aliphatic heterocycles. The van der Waals surface area contributed by atoms with Gasteiger partial charge < -0.3 is 19.6 Å². The van der Waals surface area contributed by atoms with Crippen molar-refractivity contribution < 1.29 is 18.8 Å². The van der Waals surface area contributed by atoms with Crippen molar-refractivity contribution in [2.24, 2.45) is 5.92 Å². The number of hydrogen-bond donors (Lipinski definition) is 1. The summed E-state index contributed by atoms with van der Waals surface area (Å²) in [6.45, 7) is 8.18. The Kier molecular flexibility index (Phi) is 9.50. The minimum atomic E-state index is -0.591. The number of benzene rings is 2. The number of piperazine rings is 2. The third kappa shape index (κ3) is 7.23. The number of fused-ring (bicyclic) bond motifs is 1. The first kappa shape index (κ1) is 30.8. The molecule has 1 aromatic heterocycles. The number of piperidine rings is 1. The first-order chi connectivity index (χ1) is 21.9. The molecule has 3 fully saturated rings. The van der Waals surface area contributed by atoms with Crippen LogP contribution in [0.4, 0.5) is 4.39 Å². The smallest absolute Gasteiger partial charge is 0.272 e. The van der Waals surface area contributed by atoms with Crippen molar-refractivity contribution in [1.29, 1.82) is 0 Å². The summed E-state index contributed by atoms with van der Waals surface area (Å²) in [5.41, 5.74) is 1.07. The fourth-order valence-electron chi connectivity index (χ4n) is 6.70. The van der Waals surface area contributed by atoms with Gasteiger partial charge in [0.25, 0.3) is 11.5 Å². The minimum absolute atomic E-state index is 0.00632. The SMILES string of the molecule is O=CN1CCC(CN2CCN(CC(=O)N3CCN(C(=O)c4cc(Cc5n[nH]c(=O)c6ccccc56)ccc4F)CC3)CC2)CC1. The standard InChI is InChI=1S/C33H40FN7O4/c34-29-6-5-25(20-30-26-3-1-2-4-27(26)32(44)36-35-30)19-28(29)33(45)41-17-15-40(16-18-41)31(43)22-38-13-11-37(12-14-38)21-24-7-9-39(23-42)10-8-24/h1-6,19,23-24H,7-18,20-22H2,(H,36,44). The lowest BCUT2D eigenvalue weighted by Gasteiger charge is -2.39. The fraction of sp³-hybridized carbons (Fsp3) is 0.485. The van der Waals surface area contributed by atoms with Crippen LogP contribution in [0.25, 0.3) is 10.8 Å². The van der Waals surface area contributed by atoms with Crippen molar-refractivity contribution in [1.82, 2.24) is 34.7 Å². The number of halogens is 1. The van der Waals surface area contributed by atoms with Gasteiger partial charge in [0, 0.05) is 83.8 Å². The third-order valence-electron chi connectivity index (χ3n) is 9.47. The van der Waals surface area contributed by atoms with Crippen LogP contribution >= 0.6 is 0 Å². The van der Waals surface area contributed by atoms with Crippen LogP contribution in [-0.2, 0) is 16.0 Å². The predicted molar refractivity (Wildman–Crippen MR) is 167 cm³/mol. The highest BCUT2D eigenvalue weighted by molar-refractivity contribution is 5.95. The van der Waals surface area contributed by atoms with E-state index in [1.165, 1.54) is 6.07 Å². The largest absolute Gasteiger partial charge is 0.345 e. The summed E-state index contributed by atoms with van der Waals surface area (Å²) in [4.78, 5) is 59.5. The minimum Gasteiger partial charge on any atom is -0.345 e. The van der Waals surface area contributed by atoms with E-state index >= 15 is 0 Å². The van der Waals surface area contributed by atoms with Crippen LogP contribution in [0.3, 0.4) is 0 Å². The van der Waals surface area contributed by atoms with Crippen molar-refractivity contribution in [2.75, 3.05) is 78.5 Å². The summed E-state index contributed by atoms with van der Waals surface area (Å²) in [6.07, 6.45) is 3.38. The van der Waals surface area contributed by atoms with Crippen LogP contribution in [-0.4, -0.2) is 131 Å². The maximum absolute atomic E-state index is 14.9. The van der Waals surface area contributed by atoms with Crippen molar-refractivity contribution in [3.8, 4) is 0 Å². The second-order valence-corrected chi connectivity index (χ2v) is 12.4. The molecule has 3 saturated heterocycles. The Morgan fingerprint density at radius 1 is 0.867 bits per heavy atom. The first-order valence-electron chi connectivity index (χ1n) is 15.8. The topological polar surface area (TPSA) is 113 Å². The molecule has 0 spiro atoms. The van der Waals surface area contributed by atoms with E-state index in [0.717, 1.165) is 65.1 Å². The average Bonchev–Trinajstić information content (AvgIpc) is 3.08. The zero-order valence-corrected chi connectivity index (χ0v) is 25.5. The fourth-order valence-corrected chi connectivity index (χ4v) is 6.70. The molecule has 3 aromatic rings. The molecular weight excluding hydrogens is 577 g/mol. The molecule has 11 nitrogen and oxygen atoms in total. The van der Waals surface area contributed by atoms with Gasteiger partial charge in [-0.25, -0.2) is 9.49 Å². The van der Waals surface area contributed by atoms with Crippen molar-refractivity contribution in [3.05, 3.63) is 75.5 Å². The van der Waals surface area contributed by atoms with Gasteiger partial charge >= 0.3 is 0 Å². The molecule has 45 heavy (non-hydrogen) atoms. The Morgan fingerprint density at radius 2 is 1.53 bits per heavy atom. The van der Waals surface area contributed by atoms with Gasteiger partial charge in [-0.1, -0.05) is 24.3 Å². The van der Waals surface area contributed by atoms with E-state index in [1.54, 1.807) is 34.1 Å². The van der Waals surface area contributed by atoms with Crippen LogP contribution in [0.15, 0.2) is 47.3 Å². The molecule has 0 radical (unpaired) electrons. The summed E-state index contributed by atoms with van der Waals surface area (Å²) >= 11 is 0. The maximum atomic E-state index is 14.9. The highest BCUT2D eigenvalue weighted by atomic mass is 19.1. The molecular formula is C33H40FN7O4. The van der Waals surface area contributed by atoms with E-state index < -0.39 is 11.7 Å². The molecule has 238 valence electrons. The third-order valence-corrected chi connectivity index (χ3v) is 9.47. The summed E-state index contributed by atoms with van der Waals surface area (Å²) in [7, 11) is 0. The molecule has 3 amide bonds. The molecule has 4 heterocycles. The van der Waals surface area contributed by atoms with Crippen LogP contribution < -0.4 is 5.56 Å². The summed E-state index contributed by atoms with van der Waals surface area (Å²) in [6, 6.07) is 11.7. The zero-order valence-electron chi connectivity index (χ0n) is 25.5. The van der Waals surface area contributed by atoms with Crippen LogP contribution in [0, 0.1) is 11.7 Å². The number of carbonyl (C=O) groups excluding carboxylic acids is 3. The summed E-state index contributed by atoms with van der Waals surface area (Å²) in [5, 5.41) is 7.97. The lowest BCUT2D eigenvalue weighted by molar-refractivity contribution is -0.134. The molecule has 12 heteroatoms. The monoisotopic (exact) mass is 617 g/mol. The van der Waals surface area contributed by atoms with Gasteiger partial charge in [0.2, 0.25) is 12.3 Å². The van der Waals surface area contributed by atoms with Crippen LogP contribution in [0.2, 0.25) is 0 Å². The lowest BCUT2D eigenvalue weighted by Crippen LogP contribution is -2.55. The van der Waals surface area contributed by atoms with Crippen molar-refractivity contribution in [2.45, 2.75) is 19.3 Å². The molecule has 0 atom stereocenters. The lowest BCUT2D eigenvalue weighted by atomic mass is 9.96. The van der Waals surface area contributed by atoms with E-state index in [-0.39, 0.29) is 17.0 Å². The van der Waals surface area contributed by atoms with Gasteiger partial charge in [0.05, 0.1) is 23.2 Å². The predicted octanol–water partition coefficient (Wildman–Crippen LogP) is 1.42. The number of carbonyl (C=O) groups is 3. The van der Waals surface area contributed by atoms with Crippen molar-refractivity contribution >= 4 is 29.0 Å². The normalized spacial score (nSPS) is 18.8. The molecule has 1 N–H and O–H groups in total. The van der Waals surface area contributed by atoms with Crippen LogP contribution in [0.5, 0.6) is 0 Å². The number of hydrogen-bond acceptors (Lipinski definition) is 7. The summed E-state index contributed by atoms with van der Waals surface area (Å²) < 4.78 is 14.9. The molecule has 0 bridgehead atoms. The van der Waals surface area contributed by atoms with Gasteiger partial charge in [-0.2, -0.15) is 5.10 Å². The molecule has 0 aliphatic carbocycles. The highest BCUT2D eigenvalue weighted by Crippen LogP contribution is 2.21. The van der Waals surface area contributed by atoms with Crippen molar-refractivity contribution in [3.63, 3.8) is 0 Å². The second kappa shape index (κ2) is 13.9. The van der Waals surface area contributed by atoms with E-state index in [4.69, 9.17) is 0 Å². The van der Waals surface area contributed by atoms with Gasteiger partial charge in [0.15, 0.2) is 0 Å². The summed E-state index contributed by atoms with van der Waals surface area (Å²) in [5.74, 6) is -0.302. The molecule has 2 aromatic carbocycles. The molecule has 0 unspecified atom stereocenters. The average molecular weight is 618 g/mol. The first-order valence-corrected chi connectivity index (χ1v) is 15.8. The van der Waals surface area contributed by atoms with Gasteiger partial charge in [-0.15, -0.1) is 0 Å². The Bertz CT molecular complexity index is 1590. The molecule has 6 rings (SSSR count).